The van der Waals surface area contributed by atoms with E-state index in [1.807, 2.05) is 54.6 Å². The van der Waals surface area contributed by atoms with E-state index in [2.05, 4.69) is 9.97 Å². The largest absolute Gasteiger partial charge is 0.460 e. The summed E-state index contributed by atoms with van der Waals surface area (Å²) >= 11 is 0. The van der Waals surface area contributed by atoms with Crippen LogP contribution in [0.2, 0.25) is 0 Å². The predicted molar refractivity (Wildman–Crippen MR) is 172 cm³/mol. The molecule has 3 atom stereocenters. The van der Waals surface area contributed by atoms with Gasteiger partial charge in [-0.1, -0.05) is 38.1 Å². The van der Waals surface area contributed by atoms with Gasteiger partial charge in [0.2, 0.25) is 12.3 Å². The molecule has 0 spiro atoms. The van der Waals surface area contributed by atoms with Crippen LogP contribution in [0.5, 0.6) is 5.75 Å². The topological polar surface area (TPSA) is 138 Å². The summed E-state index contributed by atoms with van der Waals surface area (Å²) in [5, 5.41) is 0.556. The van der Waals surface area contributed by atoms with Crippen LogP contribution < -0.4 is 20.9 Å². The van der Waals surface area contributed by atoms with E-state index in [9.17, 15) is 18.8 Å². The first-order valence-electron chi connectivity index (χ1n) is 15.3. The normalized spacial score (nSPS) is 16.5. The maximum absolute atomic E-state index is 13.7. The standard InChI is InChI=1S/C33H40FN7O5/c1-20(2)30(35)32(44)45-19-29(42)40-13-12-39(17-21(40)3)33-36-15-25(16-37-33)23-10-11-26-27(14-23)41(38(5)31(26)43)18-24-8-6-7-9-28(24)46-22(4)34/h6-11,14-16,20-22,30H,12-13,17-19,35H2,1-5H3/t21-,22?,30-/m1/s1. The van der Waals surface area contributed by atoms with Gasteiger partial charge in [-0.3, -0.25) is 23.7 Å². The lowest BCUT2D eigenvalue weighted by atomic mass is 10.1. The second kappa shape index (κ2) is 13.7. The van der Waals surface area contributed by atoms with Crippen molar-refractivity contribution in [2.75, 3.05) is 31.1 Å². The van der Waals surface area contributed by atoms with Crippen molar-refractivity contribution >= 4 is 28.7 Å². The number of aromatic nitrogens is 4. The number of carbonyl (C=O) groups excluding carboxylic acids is 2. The van der Waals surface area contributed by atoms with E-state index in [4.69, 9.17) is 15.2 Å². The molecule has 3 heterocycles. The molecule has 1 aliphatic heterocycles. The third-order valence-electron chi connectivity index (χ3n) is 8.27. The highest BCUT2D eigenvalue weighted by atomic mass is 19.1. The first-order valence-corrected chi connectivity index (χ1v) is 15.3. The molecular weight excluding hydrogens is 593 g/mol. The summed E-state index contributed by atoms with van der Waals surface area (Å²) in [6.07, 6.45) is 2.00. The van der Waals surface area contributed by atoms with E-state index in [1.54, 1.807) is 47.2 Å². The third-order valence-corrected chi connectivity index (χ3v) is 8.27. The summed E-state index contributed by atoms with van der Waals surface area (Å²) < 4.78 is 27.6. The number of rotatable bonds is 10. The zero-order valence-electron chi connectivity index (χ0n) is 26.7. The fourth-order valence-electron chi connectivity index (χ4n) is 5.56. The Bertz CT molecular complexity index is 1770. The van der Waals surface area contributed by atoms with Gasteiger partial charge in [0.25, 0.3) is 11.5 Å². The highest BCUT2D eigenvalue weighted by Gasteiger charge is 2.30. The summed E-state index contributed by atoms with van der Waals surface area (Å²) in [6.45, 7) is 8.31. The van der Waals surface area contributed by atoms with Crippen LogP contribution in [0.25, 0.3) is 22.0 Å². The number of ether oxygens (including phenoxy) is 2. The number of alkyl halides is 1. The van der Waals surface area contributed by atoms with Gasteiger partial charge in [0.1, 0.15) is 11.8 Å². The fourth-order valence-corrected chi connectivity index (χ4v) is 5.56. The van der Waals surface area contributed by atoms with Crippen LogP contribution in [0.3, 0.4) is 0 Å². The van der Waals surface area contributed by atoms with Crippen molar-refractivity contribution < 1.29 is 23.5 Å². The fraction of sp³-hybridized carbons (Fsp3) is 0.424. The van der Waals surface area contributed by atoms with Gasteiger partial charge in [0.05, 0.1) is 17.4 Å². The third kappa shape index (κ3) is 6.89. The molecule has 0 saturated carbocycles. The lowest BCUT2D eigenvalue weighted by molar-refractivity contribution is -0.154. The van der Waals surface area contributed by atoms with Gasteiger partial charge in [-0.15, -0.1) is 0 Å². The van der Waals surface area contributed by atoms with Crippen LogP contribution in [-0.2, 0) is 27.9 Å². The molecule has 1 fully saturated rings. The number of anilines is 1. The number of amides is 1. The molecule has 46 heavy (non-hydrogen) atoms. The van der Waals surface area contributed by atoms with Crippen LogP contribution in [-0.4, -0.2) is 80.8 Å². The number of hydrogen-bond acceptors (Lipinski definition) is 9. The number of para-hydroxylation sites is 1. The lowest BCUT2D eigenvalue weighted by Crippen LogP contribution is -2.55. The Balaban J connectivity index is 1.29. The summed E-state index contributed by atoms with van der Waals surface area (Å²) in [6, 6.07) is 11.8. The average Bonchev–Trinajstić information content (AvgIpc) is 3.27. The van der Waals surface area contributed by atoms with Gasteiger partial charge >= 0.3 is 5.97 Å². The van der Waals surface area contributed by atoms with Crippen LogP contribution in [0.4, 0.5) is 10.3 Å². The van der Waals surface area contributed by atoms with E-state index in [0.29, 0.717) is 48.8 Å². The number of nitrogens with two attached hydrogens (primary N) is 1. The number of esters is 1. The number of nitrogens with zero attached hydrogens (tertiary/aromatic N) is 6. The van der Waals surface area contributed by atoms with Crippen molar-refractivity contribution in [3.05, 3.63) is 70.8 Å². The first kappa shape index (κ1) is 32.6. The summed E-state index contributed by atoms with van der Waals surface area (Å²) in [4.78, 5) is 50.8. The van der Waals surface area contributed by atoms with E-state index in [-0.39, 0.29) is 30.0 Å². The van der Waals surface area contributed by atoms with Gasteiger partial charge in [0, 0.05) is 63.2 Å². The van der Waals surface area contributed by atoms with Gasteiger partial charge in [-0.25, -0.2) is 14.4 Å². The van der Waals surface area contributed by atoms with E-state index in [1.165, 1.54) is 6.92 Å². The highest BCUT2D eigenvalue weighted by Crippen LogP contribution is 2.27. The summed E-state index contributed by atoms with van der Waals surface area (Å²) in [7, 11) is 1.70. The Morgan fingerprint density at radius 2 is 1.78 bits per heavy atom. The van der Waals surface area contributed by atoms with E-state index in [0.717, 1.165) is 16.7 Å². The zero-order valence-corrected chi connectivity index (χ0v) is 26.7. The smallest absolute Gasteiger partial charge is 0.323 e. The van der Waals surface area contributed by atoms with Gasteiger partial charge in [-0.2, -0.15) is 0 Å². The Hall–Kier alpha value is -4.78. The number of benzene rings is 2. The molecule has 2 aromatic heterocycles. The van der Waals surface area contributed by atoms with Crippen molar-refractivity contribution in [1.29, 1.82) is 0 Å². The molecule has 0 aliphatic carbocycles. The molecular formula is C33H40FN7O5. The van der Waals surface area contributed by atoms with Gasteiger partial charge in [0.15, 0.2) is 6.61 Å². The molecule has 1 saturated heterocycles. The Labute approximate surface area is 266 Å². The number of halogens is 1. The SMILES string of the molecule is CC(F)Oc1ccccc1Cn1c2cc(-c3cnc(N4CCN(C(=O)COC(=O)[C@H](N)C(C)C)[C@H](C)C4)nc3)ccc2c(=O)n1C. The van der Waals surface area contributed by atoms with Crippen molar-refractivity contribution in [3.8, 4) is 16.9 Å². The maximum atomic E-state index is 13.7. The predicted octanol–water partition coefficient (Wildman–Crippen LogP) is 3.10. The molecule has 0 bridgehead atoms. The molecule has 5 rings (SSSR count). The molecule has 13 heteroatoms. The van der Waals surface area contributed by atoms with E-state index >= 15 is 0 Å². The molecule has 12 nitrogen and oxygen atoms in total. The minimum Gasteiger partial charge on any atom is -0.460 e. The maximum Gasteiger partial charge on any atom is 0.323 e. The number of fused-ring (bicyclic) bond motifs is 1. The van der Waals surface area contributed by atoms with Crippen molar-refractivity contribution in [2.45, 2.75) is 52.7 Å². The van der Waals surface area contributed by atoms with Crippen molar-refractivity contribution in [3.63, 3.8) is 0 Å². The molecule has 2 aromatic carbocycles. The molecule has 1 amide bonds. The van der Waals surface area contributed by atoms with Crippen LogP contribution in [0.15, 0.2) is 59.7 Å². The highest BCUT2D eigenvalue weighted by molar-refractivity contribution is 5.85. The molecule has 1 aliphatic rings. The minimum absolute atomic E-state index is 0.0818. The number of carbonyl (C=O) groups is 2. The molecule has 0 radical (unpaired) electrons. The molecule has 2 N–H and O–H groups in total. The van der Waals surface area contributed by atoms with Gasteiger partial charge in [-0.05, 0) is 36.6 Å². The molecule has 244 valence electrons. The van der Waals surface area contributed by atoms with Crippen molar-refractivity contribution in [2.24, 2.45) is 18.7 Å². The summed E-state index contributed by atoms with van der Waals surface area (Å²) in [5.74, 6) is 0.0211. The van der Waals surface area contributed by atoms with Crippen LogP contribution >= 0.6 is 0 Å². The van der Waals surface area contributed by atoms with Gasteiger partial charge < -0.3 is 25.0 Å². The Morgan fingerprint density at radius 1 is 1.07 bits per heavy atom. The lowest BCUT2D eigenvalue weighted by Gasteiger charge is -2.39. The van der Waals surface area contributed by atoms with Crippen LogP contribution in [0, 0.1) is 5.92 Å². The molecule has 4 aromatic rings. The quantitative estimate of drug-likeness (QED) is 0.261. The van der Waals surface area contributed by atoms with E-state index < -0.39 is 18.4 Å². The first-order chi connectivity index (χ1) is 21.9. The number of piperazine rings is 1. The Morgan fingerprint density at radius 3 is 2.46 bits per heavy atom. The molecule has 1 unspecified atom stereocenters. The average molecular weight is 634 g/mol. The number of hydrogen-bond donors (Lipinski definition) is 1. The Kier molecular flexibility index (Phi) is 9.71. The van der Waals surface area contributed by atoms with Crippen LogP contribution in [0.1, 0.15) is 33.3 Å². The monoisotopic (exact) mass is 633 g/mol. The minimum atomic E-state index is -1.47. The second-order valence-electron chi connectivity index (χ2n) is 11.9. The zero-order chi connectivity index (χ0) is 33.1. The second-order valence-corrected chi connectivity index (χ2v) is 11.9. The van der Waals surface area contributed by atoms with Crippen molar-refractivity contribution in [1.82, 2.24) is 24.2 Å². The summed E-state index contributed by atoms with van der Waals surface area (Å²) in [5.41, 5.74) is 8.73.